The average Bonchev–Trinajstić information content (AvgIpc) is 2.37. The molecule has 0 radical (unpaired) electrons. The predicted molar refractivity (Wildman–Crippen MR) is 70.7 cm³/mol. The van der Waals surface area contributed by atoms with Crippen LogP contribution in [0.3, 0.4) is 0 Å². The number of hydrogen-bond donors (Lipinski definition) is 2. The maximum Gasteiger partial charge on any atom is 0.254 e. The molecule has 5 nitrogen and oxygen atoms in total. The summed E-state index contributed by atoms with van der Waals surface area (Å²) in [6, 6.07) is 4.61. The van der Waals surface area contributed by atoms with Crippen molar-refractivity contribution in [1.82, 2.24) is 4.90 Å². The highest BCUT2D eigenvalue weighted by Crippen LogP contribution is 2.24. The van der Waals surface area contributed by atoms with Crippen LogP contribution < -0.4 is 0 Å². The second-order valence-corrected chi connectivity index (χ2v) is 4.53. The van der Waals surface area contributed by atoms with E-state index in [4.69, 9.17) is 9.84 Å². The van der Waals surface area contributed by atoms with Crippen LogP contribution in [0.2, 0.25) is 0 Å². The molecule has 0 atom stereocenters. The van der Waals surface area contributed by atoms with Crippen molar-refractivity contribution in [2.75, 3.05) is 33.4 Å². The number of amides is 1. The van der Waals surface area contributed by atoms with Crippen molar-refractivity contribution in [3.05, 3.63) is 28.2 Å². The molecule has 0 heterocycles. The number of methoxy groups -OCH3 is 1. The third-order valence-electron chi connectivity index (χ3n) is 2.42. The first-order chi connectivity index (χ1) is 8.60. The van der Waals surface area contributed by atoms with Crippen molar-refractivity contribution < 1.29 is 19.7 Å². The monoisotopic (exact) mass is 317 g/mol. The molecule has 0 saturated carbocycles. The van der Waals surface area contributed by atoms with E-state index in [0.29, 0.717) is 23.2 Å². The number of ether oxygens (including phenoxy) is 1. The topological polar surface area (TPSA) is 70.0 Å². The number of carbonyl (C=O) groups is 1. The molecule has 0 fully saturated rings. The summed E-state index contributed by atoms with van der Waals surface area (Å²) in [6.07, 6.45) is 0. The minimum Gasteiger partial charge on any atom is -0.507 e. The van der Waals surface area contributed by atoms with Crippen molar-refractivity contribution in [1.29, 1.82) is 0 Å². The van der Waals surface area contributed by atoms with Gasteiger partial charge in [0.15, 0.2) is 0 Å². The summed E-state index contributed by atoms with van der Waals surface area (Å²) in [6.45, 7) is 0.915. The molecule has 0 saturated heterocycles. The van der Waals surface area contributed by atoms with Crippen LogP contribution in [0.25, 0.3) is 0 Å². The van der Waals surface area contributed by atoms with Crippen LogP contribution in [0.1, 0.15) is 10.4 Å². The highest BCUT2D eigenvalue weighted by molar-refractivity contribution is 9.10. The number of aliphatic hydroxyl groups is 1. The van der Waals surface area contributed by atoms with Crippen molar-refractivity contribution in [3.8, 4) is 5.75 Å². The lowest BCUT2D eigenvalue weighted by Gasteiger charge is -2.21. The van der Waals surface area contributed by atoms with Crippen molar-refractivity contribution >= 4 is 21.8 Å². The van der Waals surface area contributed by atoms with Crippen molar-refractivity contribution in [2.45, 2.75) is 0 Å². The molecule has 0 aliphatic rings. The lowest BCUT2D eigenvalue weighted by molar-refractivity contribution is 0.0656. The van der Waals surface area contributed by atoms with Crippen molar-refractivity contribution in [2.24, 2.45) is 0 Å². The Balaban J connectivity index is 2.83. The Morgan fingerprint density at radius 1 is 1.44 bits per heavy atom. The fourth-order valence-electron chi connectivity index (χ4n) is 1.47. The van der Waals surface area contributed by atoms with Gasteiger partial charge in [-0.1, -0.05) is 0 Å². The molecule has 100 valence electrons. The molecule has 0 aromatic heterocycles. The van der Waals surface area contributed by atoms with Crippen LogP contribution in [0.4, 0.5) is 0 Å². The maximum absolute atomic E-state index is 12.1. The number of nitrogens with zero attached hydrogens (tertiary/aromatic N) is 1. The smallest absolute Gasteiger partial charge is 0.254 e. The molecule has 1 aromatic rings. The van der Waals surface area contributed by atoms with Crippen LogP contribution in [0.5, 0.6) is 5.75 Å². The van der Waals surface area contributed by atoms with E-state index >= 15 is 0 Å². The number of phenols is 1. The third-order valence-corrected chi connectivity index (χ3v) is 3.09. The molecule has 0 unspecified atom stereocenters. The van der Waals surface area contributed by atoms with Gasteiger partial charge in [-0.25, -0.2) is 0 Å². The number of phenolic OH excluding ortho intramolecular Hbond substituents is 1. The van der Waals surface area contributed by atoms with Gasteiger partial charge >= 0.3 is 0 Å². The van der Waals surface area contributed by atoms with E-state index in [1.165, 1.54) is 11.0 Å². The van der Waals surface area contributed by atoms with E-state index in [-0.39, 0.29) is 24.8 Å². The number of aromatic hydroxyl groups is 1. The Kier molecular flexibility index (Phi) is 6.11. The largest absolute Gasteiger partial charge is 0.507 e. The summed E-state index contributed by atoms with van der Waals surface area (Å²) in [5, 5.41) is 18.5. The van der Waals surface area contributed by atoms with Crippen LogP contribution in [-0.4, -0.2) is 54.4 Å². The van der Waals surface area contributed by atoms with Crippen LogP contribution in [0.15, 0.2) is 22.7 Å². The number of hydrogen-bond acceptors (Lipinski definition) is 4. The Hall–Kier alpha value is -1.11. The Bertz CT molecular complexity index is 411. The predicted octanol–water partition coefficient (Wildman–Crippen LogP) is 1.24. The fourth-order valence-corrected chi connectivity index (χ4v) is 1.71. The number of carbonyl (C=O) groups excluding carboxylic acids is 1. The Labute approximate surface area is 114 Å². The second-order valence-electron chi connectivity index (χ2n) is 3.67. The lowest BCUT2D eigenvalue weighted by Crippen LogP contribution is -2.36. The van der Waals surface area contributed by atoms with Gasteiger partial charge in [0, 0.05) is 25.8 Å². The number of benzene rings is 1. The van der Waals surface area contributed by atoms with Crippen molar-refractivity contribution in [3.63, 3.8) is 0 Å². The van der Waals surface area contributed by atoms with E-state index in [0.717, 1.165) is 0 Å². The molecule has 0 bridgehead atoms. The molecule has 0 aliphatic heterocycles. The minimum atomic E-state index is -0.246. The molecule has 18 heavy (non-hydrogen) atoms. The number of rotatable bonds is 6. The van der Waals surface area contributed by atoms with Gasteiger partial charge in [-0.15, -0.1) is 0 Å². The first-order valence-electron chi connectivity index (χ1n) is 5.47. The van der Waals surface area contributed by atoms with Gasteiger partial charge in [0.05, 0.1) is 17.7 Å². The molecule has 1 rings (SSSR count). The molecule has 6 heteroatoms. The van der Waals surface area contributed by atoms with Gasteiger partial charge in [0.25, 0.3) is 5.91 Å². The standard InChI is InChI=1S/C12H16BrNO4/c1-18-7-5-14(4-6-15)12(17)9-2-3-10(13)11(16)8-9/h2-3,8,15-16H,4-7H2,1H3. The number of halogens is 1. The first-order valence-corrected chi connectivity index (χ1v) is 6.27. The quantitative estimate of drug-likeness (QED) is 0.828. The molecule has 1 aromatic carbocycles. The summed E-state index contributed by atoms with van der Waals surface area (Å²) in [5.74, 6) is -0.236. The zero-order valence-corrected chi connectivity index (χ0v) is 11.7. The summed E-state index contributed by atoms with van der Waals surface area (Å²) < 4.78 is 5.45. The van der Waals surface area contributed by atoms with Gasteiger partial charge in [0.2, 0.25) is 0 Å². The molecule has 2 N–H and O–H groups in total. The molecular formula is C12H16BrNO4. The van der Waals surface area contributed by atoms with Crippen LogP contribution in [-0.2, 0) is 4.74 Å². The Morgan fingerprint density at radius 2 is 2.17 bits per heavy atom. The fraction of sp³-hybridized carbons (Fsp3) is 0.417. The maximum atomic E-state index is 12.1. The Morgan fingerprint density at radius 3 is 2.72 bits per heavy atom. The minimum absolute atomic E-state index is 0.0107. The van der Waals surface area contributed by atoms with Gasteiger partial charge in [-0.2, -0.15) is 0 Å². The normalized spacial score (nSPS) is 10.4. The van der Waals surface area contributed by atoms with Gasteiger partial charge in [-0.3, -0.25) is 4.79 Å². The zero-order valence-electron chi connectivity index (χ0n) is 10.1. The first kappa shape index (κ1) is 14.9. The van der Waals surface area contributed by atoms with Gasteiger partial charge in [0.1, 0.15) is 5.75 Å². The van der Waals surface area contributed by atoms with Gasteiger partial charge in [-0.05, 0) is 34.1 Å². The van der Waals surface area contributed by atoms with Gasteiger partial charge < -0.3 is 19.8 Å². The summed E-state index contributed by atoms with van der Waals surface area (Å²) >= 11 is 3.15. The van der Waals surface area contributed by atoms with E-state index in [1.807, 2.05) is 0 Å². The van der Waals surface area contributed by atoms with E-state index < -0.39 is 0 Å². The number of aliphatic hydroxyl groups excluding tert-OH is 1. The van der Waals surface area contributed by atoms with E-state index in [1.54, 1.807) is 19.2 Å². The highest BCUT2D eigenvalue weighted by atomic mass is 79.9. The summed E-state index contributed by atoms with van der Waals surface area (Å²) in [5.41, 5.74) is 0.375. The summed E-state index contributed by atoms with van der Waals surface area (Å²) in [4.78, 5) is 13.6. The molecular weight excluding hydrogens is 302 g/mol. The van der Waals surface area contributed by atoms with E-state index in [9.17, 15) is 9.90 Å². The zero-order chi connectivity index (χ0) is 13.5. The van der Waals surface area contributed by atoms with Crippen LogP contribution in [0, 0.1) is 0 Å². The summed E-state index contributed by atoms with van der Waals surface area (Å²) in [7, 11) is 1.55. The molecule has 0 spiro atoms. The van der Waals surface area contributed by atoms with E-state index in [2.05, 4.69) is 15.9 Å². The SMILES string of the molecule is COCCN(CCO)C(=O)c1ccc(Br)c(O)c1. The average molecular weight is 318 g/mol. The lowest BCUT2D eigenvalue weighted by atomic mass is 10.2. The third kappa shape index (κ3) is 3.97. The highest BCUT2D eigenvalue weighted by Gasteiger charge is 2.16. The molecule has 0 aliphatic carbocycles. The second kappa shape index (κ2) is 7.35. The van der Waals surface area contributed by atoms with Crippen LogP contribution >= 0.6 is 15.9 Å². The molecule has 1 amide bonds.